The number of ketones is 2. The van der Waals surface area contributed by atoms with Gasteiger partial charge in [-0.3, -0.25) is 9.59 Å². The second-order valence-electron chi connectivity index (χ2n) is 13.3. The van der Waals surface area contributed by atoms with E-state index in [1.807, 2.05) is 13.1 Å². The van der Waals surface area contributed by atoms with Crippen LogP contribution in [0.15, 0.2) is 11.6 Å². The molecule has 4 rings (SSSR count). The van der Waals surface area contributed by atoms with Crippen LogP contribution in [0.4, 0.5) is 5.82 Å². The molecule has 1 spiro atoms. The Balaban J connectivity index is 0.000000754. The summed E-state index contributed by atoms with van der Waals surface area (Å²) in [6.45, 7) is 12.3. The Morgan fingerprint density at radius 3 is 2.27 bits per heavy atom. The van der Waals surface area contributed by atoms with Gasteiger partial charge in [0.1, 0.15) is 17.7 Å². The van der Waals surface area contributed by atoms with Crippen molar-refractivity contribution in [2.75, 3.05) is 38.6 Å². The zero-order valence-corrected chi connectivity index (χ0v) is 28.2. The quantitative estimate of drug-likeness (QED) is 0.115. The summed E-state index contributed by atoms with van der Waals surface area (Å²) in [5.41, 5.74) is 7.83. The molecule has 0 bridgehead atoms. The standard InChI is InChI=1S/C28H43N5O3.C4H10O.CH5NO/c1-19(10-9-15-30-3)20(2)36-24-18-23(33-16-6-7-17-33)31-27(32-24)25(29)21-11-8-14-28(26(21)35)13-5-4-12-22(28)34;1-4(2,3)5;1-2-3/h18-20,30H,4-17,29H2,1-3H3;5H,1-3H3;2-3H,1H3/b25-21-;;/t19-,20-,28+;;/m0../s1. The highest BCUT2D eigenvalue weighted by molar-refractivity contribution is 6.17. The molecular weight excluding hydrogens is 560 g/mol. The van der Waals surface area contributed by atoms with Crippen molar-refractivity contribution in [2.24, 2.45) is 17.1 Å². The van der Waals surface area contributed by atoms with Gasteiger partial charge in [0.05, 0.1) is 16.7 Å². The van der Waals surface area contributed by atoms with Crippen molar-refractivity contribution in [1.29, 1.82) is 0 Å². The monoisotopic (exact) mass is 618 g/mol. The molecule has 11 nitrogen and oxygen atoms in total. The van der Waals surface area contributed by atoms with Crippen LogP contribution in [0.2, 0.25) is 0 Å². The zero-order valence-electron chi connectivity index (χ0n) is 28.2. The molecular formula is C33H58N6O5. The second kappa shape index (κ2) is 17.8. The third-order valence-electron chi connectivity index (χ3n) is 8.41. The van der Waals surface area contributed by atoms with E-state index in [0.29, 0.717) is 54.6 Å². The Kier molecular flexibility index (Phi) is 15.2. The van der Waals surface area contributed by atoms with Crippen LogP contribution in [0.1, 0.15) is 111 Å². The number of ether oxygens (including phenoxy) is 1. The lowest BCUT2D eigenvalue weighted by atomic mass is 9.62. The molecule has 0 amide bonds. The Morgan fingerprint density at radius 2 is 1.68 bits per heavy atom. The van der Waals surface area contributed by atoms with Gasteiger partial charge in [-0.15, -0.1) is 0 Å². The molecule has 0 aromatic carbocycles. The summed E-state index contributed by atoms with van der Waals surface area (Å²) in [5.74, 6) is 1.97. The van der Waals surface area contributed by atoms with Gasteiger partial charge in [0.25, 0.3) is 0 Å². The van der Waals surface area contributed by atoms with Gasteiger partial charge < -0.3 is 31.0 Å². The predicted octanol–water partition coefficient (Wildman–Crippen LogP) is 4.40. The highest BCUT2D eigenvalue weighted by atomic mass is 16.5. The molecule has 6 N–H and O–H groups in total. The van der Waals surface area contributed by atoms with Gasteiger partial charge in [0, 0.05) is 38.2 Å². The van der Waals surface area contributed by atoms with Crippen LogP contribution in [0.25, 0.3) is 5.70 Å². The number of allylic oxidation sites excluding steroid dienone is 1. The van der Waals surface area contributed by atoms with Gasteiger partial charge in [-0.1, -0.05) is 13.3 Å². The van der Waals surface area contributed by atoms with Crippen LogP contribution in [-0.4, -0.2) is 77.3 Å². The number of rotatable bonds is 9. The summed E-state index contributed by atoms with van der Waals surface area (Å²) in [4.78, 5) is 38.3. The highest BCUT2D eigenvalue weighted by Crippen LogP contribution is 2.45. The van der Waals surface area contributed by atoms with E-state index in [1.165, 1.54) is 7.05 Å². The Morgan fingerprint density at radius 1 is 1.07 bits per heavy atom. The summed E-state index contributed by atoms with van der Waals surface area (Å²) in [7, 11) is 3.40. The molecule has 2 saturated carbocycles. The summed E-state index contributed by atoms with van der Waals surface area (Å²) in [6.07, 6.45) is 9.23. The number of nitrogens with two attached hydrogens (primary N) is 1. The number of nitrogens with zero attached hydrogens (tertiary/aromatic N) is 3. The lowest BCUT2D eigenvalue weighted by Crippen LogP contribution is -2.45. The van der Waals surface area contributed by atoms with Gasteiger partial charge in [0.2, 0.25) is 5.88 Å². The number of hydrogen-bond acceptors (Lipinski definition) is 11. The van der Waals surface area contributed by atoms with E-state index in [-0.39, 0.29) is 17.7 Å². The minimum absolute atomic E-state index is 0.0237. The number of Topliss-reactive ketones (excluding diaryl/α,β-unsaturated/α-hetero) is 2. The minimum atomic E-state index is -0.889. The fraction of sp³-hybridized carbons (Fsp3) is 0.758. The van der Waals surface area contributed by atoms with E-state index in [1.54, 1.807) is 26.3 Å². The first kappa shape index (κ1) is 37.6. The van der Waals surface area contributed by atoms with E-state index >= 15 is 0 Å². The molecule has 3 atom stereocenters. The van der Waals surface area contributed by atoms with Crippen LogP contribution in [0.3, 0.4) is 0 Å². The molecule has 3 fully saturated rings. The fourth-order valence-corrected chi connectivity index (χ4v) is 5.91. The smallest absolute Gasteiger partial charge is 0.219 e. The van der Waals surface area contributed by atoms with Crippen molar-refractivity contribution >= 4 is 23.1 Å². The number of anilines is 1. The molecule has 1 aromatic heterocycles. The fourth-order valence-electron chi connectivity index (χ4n) is 5.91. The number of aliphatic hydroxyl groups is 1. The third-order valence-corrected chi connectivity index (χ3v) is 8.41. The molecule has 250 valence electrons. The van der Waals surface area contributed by atoms with Crippen molar-refractivity contribution in [3.05, 3.63) is 17.5 Å². The average molecular weight is 619 g/mol. The number of carbonyl (C=O) groups excluding carboxylic acids is 2. The average Bonchev–Trinajstić information content (AvgIpc) is 3.50. The van der Waals surface area contributed by atoms with E-state index in [9.17, 15) is 9.59 Å². The van der Waals surface area contributed by atoms with Gasteiger partial charge in [-0.05, 0) is 105 Å². The van der Waals surface area contributed by atoms with Crippen LogP contribution < -0.4 is 26.2 Å². The van der Waals surface area contributed by atoms with Crippen molar-refractivity contribution < 1.29 is 24.6 Å². The van der Waals surface area contributed by atoms with Crippen molar-refractivity contribution in [3.63, 3.8) is 0 Å². The lowest BCUT2D eigenvalue weighted by Gasteiger charge is -2.38. The maximum absolute atomic E-state index is 13.7. The summed E-state index contributed by atoms with van der Waals surface area (Å²) >= 11 is 0. The molecule has 1 saturated heterocycles. The second-order valence-corrected chi connectivity index (χ2v) is 13.3. The normalized spacial score (nSPS) is 22.9. The zero-order chi connectivity index (χ0) is 32.9. The van der Waals surface area contributed by atoms with Crippen molar-refractivity contribution in [3.8, 4) is 5.88 Å². The Hall–Kier alpha value is -2.60. The number of hydrogen-bond donors (Lipinski definition) is 5. The Labute approximate surface area is 264 Å². The molecule has 1 aromatic rings. The van der Waals surface area contributed by atoms with E-state index in [0.717, 1.165) is 70.4 Å². The SMILES string of the molecule is CC(C)(C)O.CNCCC[C@H](C)[C@H](C)Oc1cc(N2CCCC2)nc(/C(N)=C2\CCC[C@@]3(CCCCC3=O)C2=O)n1.CNO. The number of nitrogens with one attached hydrogen (secondary N) is 2. The molecule has 11 heteroatoms. The van der Waals surface area contributed by atoms with Crippen LogP contribution in [0.5, 0.6) is 5.88 Å². The molecule has 2 heterocycles. The number of carbonyl (C=O) groups is 2. The minimum Gasteiger partial charge on any atom is -0.474 e. The molecule has 2 aliphatic carbocycles. The maximum atomic E-state index is 13.7. The topological polar surface area (TPSA) is 163 Å². The van der Waals surface area contributed by atoms with Crippen LogP contribution in [0, 0.1) is 11.3 Å². The van der Waals surface area contributed by atoms with Gasteiger partial charge in [-0.2, -0.15) is 4.98 Å². The molecule has 3 aliphatic rings. The number of aromatic nitrogens is 2. The number of hydroxylamine groups is 1. The predicted molar refractivity (Wildman–Crippen MR) is 175 cm³/mol. The Bertz CT molecular complexity index is 1090. The van der Waals surface area contributed by atoms with Crippen LogP contribution in [-0.2, 0) is 9.59 Å². The van der Waals surface area contributed by atoms with Gasteiger partial charge in [-0.25, -0.2) is 10.5 Å². The van der Waals surface area contributed by atoms with E-state index in [4.69, 9.17) is 30.8 Å². The lowest BCUT2D eigenvalue weighted by molar-refractivity contribution is -0.143. The first-order valence-corrected chi connectivity index (χ1v) is 16.3. The van der Waals surface area contributed by atoms with Crippen molar-refractivity contribution in [1.82, 2.24) is 20.8 Å². The third kappa shape index (κ3) is 11.1. The maximum Gasteiger partial charge on any atom is 0.219 e. The molecule has 0 unspecified atom stereocenters. The van der Waals surface area contributed by atoms with Gasteiger partial charge >= 0.3 is 0 Å². The molecule has 1 aliphatic heterocycles. The first-order valence-electron chi connectivity index (χ1n) is 16.3. The largest absolute Gasteiger partial charge is 0.474 e. The van der Waals surface area contributed by atoms with Gasteiger partial charge in [0.15, 0.2) is 11.6 Å². The van der Waals surface area contributed by atoms with E-state index < -0.39 is 11.0 Å². The summed E-state index contributed by atoms with van der Waals surface area (Å²) in [5, 5.41) is 19.0. The van der Waals surface area contributed by atoms with Crippen molar-refractivity contribution in [2.45, 2.75) is 117 Å². The first-order chi connectivity index (χ1) is 20.8. The molecule has 0 radical (unpaired) electrons. The molecule has 44 heavy (non-hydrogen) atoms. The van der Waals surface area contributed by atoms with Crippen LogP contribution >= 0.6 is 0 Å². The summed E-state index contributed by atoms with van der Waals surface area (Å²) < 4.78 is 6.32. The van der Waals surface area contributed by atoms with E-state index in [2.05, 4.69) is 24.1 Å². The highest BCUT2D eigenvalue weighted by Gasteiger charge is 2.49. The summed E-state index contributed by atoms with van der Waals surface area (Å²) in [6, 6.07) is 1.90.